The Hall–Kier alpha value is 0.350. The summed E-state index contributed by atoms with van der Waals surface area (Å²) in [6.07, 6.45) is 2.46. The normalized spacial score (nSPS) is 15.7. The summed E-state index contributed by atoms with van der Waals surface area (Å²) in [4.78, 5) is 0. The van der Waals surface area contributed by atoms with Crippen LogP contribution < -0.4 is 0 Å². The quantitative estimate of drug-likeness (QED) is 0.581. The summed E-state index contributed by atoms with van der Waals surface area (Å²) in [5.74, 6) is 0. The van der Waals surface area contributed by atoms with Gasteiger partial charge in [-0.1, -0.05) is 34.1 Å². The molecule has 0 N–H and O–H groups in total. The van der Waals surface area contributed by atoms with Gasteiger partial charge in [-0.2, -0.15) is 12.6 Å². The van der Waals surface area contributed by atoms with Crippen LogP contribution in [0.15, 0.2) is 0 Å². The summed E-state index contributed by atoms with van der Waals surface area (Å²) >= 11 is 4.35. The second-order valence-electron chi connectivity index (χ2n) is 3.57. The Morgan fingerprint density at radius 2 is 1.89 bits per heavy atom. The van der Waals surface area contributed by atoms with Gasteiger partial charge in [0.05, 0.1) is 0 Å². The fourth-order valence-corrected chi connectivity index (χ4v) is 1.44. The molecule has 0 bridgehead atoms. The lowest BCUT2D eigenvalue weighted by Gasteiger charge is -2.23. The predicted molar refractivity (Wildman–Crippen MR) is 47.1 cm³/mol. The van der Waals surface area contributed by atoms with E-state index in [4.69, 9.17) is 0 Å². The van der Waals surface area contributed by atoms with Crippen LogP contribution in [0.5, 0.6) is 0 Å². The molecule has 0 aliphatic heterocycles. The Balaban J connectivity index is 3.58. The maximum absolute atomic E-state index is 4.35. The van der Waals surface area contributed by atoms with Crippen LogP contribution in [0.2, 0.25) is 0 Å². The molecule has 1 unspecified atom stereocenters. The molecular formula is C8H18S. The van der Waals surface area contributed by atoms with Gasteiger partial charge in [0, 0.05) is 0 Å². The first-order chi connectivity index (χ1) is 3.98. The molecule has 0 saturated heterocycles. The largest absolute Gasteiger partial charge is 0.176 e. The smallest absolute Gasteiger partial charge is 0.000651 e. The maximum Gasteiger partial charge on any atom is -0.000651 e. The van der Waals surface area contributed by atoms with Crippen LogP contribution in [0.25, 0.3) is 0 Å². The van der Waals surface area contributed by atoms with Gasteiger partial charge in [-0.3, -0.25) is 0 Å². The zero-order valence-electron chi connectivity index (χ0n) is 6.94. The van der Waals surface area contributed by atoms with Crippen molar-refractivity contribution in [2.75, 3.05) is 0 Å². The minimum Gasteiger partial charge on any atom is -0.176 e. The standard InChI is InChI=1S/C8H18S/c1-5-8(3,4)6-7(2)9/h7,9H,5-6H2,1-4H3. The van der Waals surface area contributed by atoms with Crippen molar-refractivity contribution in [2.45, 2.75) is 45.8 Å². The molecule has 0 aliphatic rings. The molecule has 0 radical (unpaired) electrons. The van der Waals surface area contributed by atoms with Crippen molar-refractivity contribution in [3.05, 3.63) is 0 Å². The molecule has 0 aromatic heterocycles. The van der Waals surface area contributed by atoms with Crippen molar-refractivity contribution in [3.63, 3.8) is 0 Å². The first-order valence-electron chi connectivity index (χ1n) is 3.66. The van der Waals surface area contributed by atoms with Crippen LogP contribution in [-0.2, 0) is 0 Å². The zero-order valence-corrected chi connectivity index (χ0v) is 7.83. The van der Waals surface area contributed by atoms with Crippen LogP contribution in [-0.4, -0.2) is 5.25 Å². The van der Waals surface area contributed by atoms with Crippen LogP contribution in [0.3, 0.4) is 0 Å². The molecule has 0 aromatic carbocycles. The van der Waals surface area contributed by atoms with Crippen molar-refractivity contribution in [1.29, 1.82) is 0 Å². The van der Waals surface area contributed by atoms with E-state index in [1.807, 2.05) is 0 Å². The van der Waals surface area contributed by atoms with E-state index in [1.165, 1.54) is 12.8 Å². The lowest BCUT2D eigenvalue weighted by molar-refractivity contribution is 0.323. The van der Waals surface area contributed by atoms with E-state index >= 15 is 0 Å². The second-order valence-corrected chi connectivity index (χ2v) is 4.45. The Bertz CT molecular complexity index is 74.6. The fourth-order valence-electron chi connectivity index (χ4n) is 0.944. The third-order valence-electron chi connectivity index (χ3n) is 1.81. The highest BCUT2D eigenvalue weighted by Gasteiger charge is 2.16. The topological polar surface area (TPSA) is 0 Å². The summed E-state index contributed by atoms with van der Waals surface area (Å²) in [6.45, 7) is 8.97. The Kier molecular flexibility index (Phi) is 3.64. The van der Waals surface area contributed by atoms with Crippen molar-refractivity contribution < 1.29 is 0 Å². The summed E-state index contributed by atoms with van der Waals surface area (Å²) in [6, 6.07) is 0. The molecule has 0 aromatic rings. The molecule has 0 saturated carbocycles. The lowest BCUT2D eigenvalue weighted by atomic mass is 9.85. The van der Waals surface area contributed by atoms with Crippen LogP contribution in [0, 0.1) is 5.41 Å². The second kappa shape index (κ2) is 3.50. The molecule has 56 valence electrons. The third-order valence-corrected chi connectivity index (χ3v) is 1.99. The van der Waals surface area contributed by atoms with Crippen molar-refractivity contribution >= 4 is 12.6 Å². The van der Waals surface area contributed by atoms with E-state index in [9.17, 15) is 0 Å². The van der Waals surface area contributed by atoms with E-state index in [2.05, 4.69) is 40.3 Å². The summed E-state index contributed by atoms with van der Waals surface area (Å²) < 4.78 is 0. The van der Waals surface area contributed by atoms with Crippen molar-refractivity contribution in [3.8, 4) is 0 Å². The van der Waals surface area contributed by atoms with E-state index in [-0.39, 0.29) is 0 Å². The summed E-state index contributed by atoms with van der Waals surface area (Å²) in [7, 11) is 0. The molecule has 0 heterocycles. The fraction of sp³-hybridized carbons (Fsp3) is 1.00. The average Bonchev–Trinajstić information content (AvgIpc) is 1.63. The summed E-state index contributed by atoms with van der Waals surface area (Å²) in [5.41, 5.74) is 0.487. The van der Waals surface area contributed by atoms with Gasteiger partial charge >= 0.3 is 0 Å². The highest BCUT2D eigenvalue weighted by atomic mass is 32.1. The zero-order chi connectivity index (χ0) is 7.49. The molecule has 1 atom stereocenters. The summed E-state index contributed by atoms with van der Waals surface area (Å²) in [5, 5.41) is 0.542. The van der Waals surface area contributed by atoms with Gasteiger partial charge < -0.3 is 0 Å². The molecular weight excluding hydrogens is 128 g/mol. The molecule has 0 fully saturated rings. The Morgan fingerprint density at radius 3 is 2.00 bits per heavy atom. The van der Waals surface area contributed by atoms with Gasteiger partial charge in [-0.05, 0) is 17.1 Å². The van der Waals surface area contributed by atoms with Crippen LogP contribution >= 0.6 is 12.6 Å². The van der Waals surface area contributed by atoms with E-state index in [0.29, 0.717) is 10.7 Å². The first-order valence-corrected chi connectivity index (χ1v) is 4.17. The van der Waals surface area contributed by atoms with Gasteiger partial charge in [-0.15, -0.1) is 0 Å². The predicted octanol–water partition coefficient (Wildman–Crippen LogP) is 3.13. The van der Waals surface area contributed by atoms with E-state index < -0.39 is 0 Å². The van der Waals surface area contributed by atoms with E-state index in [1.54, 1.807) is 0 Å². The van der Waals surface area contributed by atoms with E-state index in [0.717, 1.165) is 0 Å². The molecule has 9 heavy (non-hydrogen) atoms. The molecule has 0 spiro atoms. The highest BCUT2D eigenvalue weighted by molar-refractivity contribution is 7.80. The van der Waals surface area contributed by atoms with Crippen molar-refractivity contribution in [2.24, 2.45) is 5.41 Å². The Morgan fingerprint density at radius 1 is 1.44 bits per heavy atom. The number of hydrogen-bond donors (Lipinski definition) is 1. The van der Waals surface area contributed by atoms with Crippen LogP contribution in [0.4, 0.5) is 0 Å². The minimum atomic E-state index is 0.487. The van der Waals surface area contributed by atoms with Gasteiger partial charge in [0.15, 0.2) is 0 Å². The van der Waals surface area contributed by atoms with Gasteiger partial charge in [0.2, 0.25) is 0 Å². The minimum absolute atomic E-state index is 0.487. The average molecular weight is 146 g/mol. The maximum atomic E-state index is 4.35. The van der Waals surface area contributed by atoms with Gasteiger partial charge in [-0.25, -0.2) is 0 Å². The monoisotopic (exact) mass is 146 g/mol. The number of hydrogen-bond acceptors (Lipinski definition) is 1. The molecule has 0 nitrogen and oxygen atoms in total. The third kappa shape index (κ3) is 4.83. The SMILES string of the molecule is CCC(C)(C)CC(C)S. The highest BCUT2D eigenvalue weighted by Crippen LogP contribution is 2.27. The number of rotatable bonds is 3. The van der Waals surface area contributed by atoms with Gasteiger partial charge in [0.25, 0.3) is 0 Å². The Labute approximate surface area is 64.4 Å². The molecule has 0 amide bonds. The number of thiol groups is 1. The molecule has 1 heteroatoms. The van der Waals surface area contributed by atoms with Crippen molar-refractivity contribution in [1.82, 2.24) is 0 Å². The molecule has 0 aliphatic carbocycles. The molecule has 0 rings (SSSR count). The van der Waals surface area contributed by atoms with Crippen LogP contribution in [0.1, 0.15) is 40.5 Å². The first kappa shape index (κ1) is 9.35. The van der Waals surface area contributed by atoms with Gasteiger partial charge in [0.1, 0.15) is 0 Å². The lowest BCUT2D eigenvalue weighted by Crippen LogP contribution is -2.13.